The van der Waals surface area contributed by atoms with E-state index < -0.39 is 5.82 Å². The summed E-state index contributed by atoms with van der Waals surface area (Å²) in [6.07, 6.45) is 1.01. The molecule has 138 valence electrons. The number of rotatable bonds is 3. The van der Waals surface area contributed by atoms with Crippen molar-refractivity contribution in [1.29, 1.82) is 5.26 Å². The van der Waals surface area contributed by atoms with Crippen molar-refractivity contribution in [3.8, 4) is 11.8 Å². The van der Waals surface area contributed by atoms with Gasteiger partial charge in [-0.15, -0.1) is 15.0 Å². The molecule has 9 nitrogen and oxygen atoms in total. The minimum absolute atomic E-state index is 0.0416. The normalized spacial score (nSPS) is 10.8. The van der Waals surface area contributed by atoms with Crippen molar-refractivity contribution in [1.82, 2.24) is 29.9 Å². The van der Waals surface area contributed by atoms with Crippen LogP contribution in [0.25, 0.3) is 16.7 Å². The summed E-state index contributed by atoms with van der Waals surface area (Å²) in [6, 6.07) is 8.46. The quantitative estimate of drug-likeness (QED) is 0.541. The third-order valence-corrected chi connectivity index (χ3v) is 4.10. The Kier molecular flexibility index (Phi) is 4.21. The van der Waals surface area contributed by atoms with E-state index in [1.807, 2.05) is 6.07 Å². The van der Waals surface area contributed by atoms with Crippen LogP contribution in [0.4, 0.5) is 22.0 Å². The first-order valence-electron chi connectivity index (χ1n) is 7.95. The summed E-state index contributed by atoms with van der Waals surface area (Å²) in [4.78, 5) is 13.2. The molecule has 0 radical (unpaired) electrons. The van der Waals surface area contributed by atoms with Gasteiger partial charge in [0.25, 0.3) is 0 Å². The number of nitriles is 1. The Balaban J connectivity index is 1.88. The number of aryl methyl sites for hydroxylation is 1. The predicted molar refractivity (Wildman–Crippen MR) is 101 cm³/mol. The maximum atomic E-state index is 14.3. The van der Waals surface area contributed by atoms with Gasteiger partial charge in [-0.2, -0.15) is 10.2 Å². The van der Waals surface area contributed by atoms with Gasteiger partial charge >= 0.3 is 0 Å². The summed E-state index contributed by atoms with van der Waals surface area (Å²) in [5.74, 6) is -0.00360. The molecule has 28 heavy (non-hydrogen) atoms. The minimum Gasteiger partial charge on any atom is -0.368 e. The number of para-hydroxylation sites is 1. The van der Waals surface area contributed by atoms with Gasteiger partial charge in [0.05, 0.1) is 16.8 Å². The van der Waals surface area contributed by atoms with Gasteiger partial charge in [0.1, 0.15) is 17.6 Å². The second kappa shape index (κ2) is 6.71. The molecule has 4 rings (SSSR count). The summed E-state index contributed by atoms with van der Waals surface area (Å²) in [7, 11) is 0. The highest BCUT2D eigenvalue weighted by Gasteiger charge is 2.18. The van der Waals surface area contributed by atoms with E-state index in [9.17, 15) is 9.65 Å². The van der Waals surface area contributed by atoms with E-state index in [1.165, 1.54) is 0 Å². The average molecular weight is 396 g/mol. The summed E-state index contributed by atoms with van der Waals surface area (Å²) in [5.41, 5.74) is 6.89. The first-order chi connectivity index (χ1) is 13.5. The molecule has 0 fully saturated rings. The number of nitrogen functional groups attached to an aromatic ring is 1. The molecule has 0 saturated carbocycles. The molecule has 0 bridgehead atoms. The predicted octanol–water partition coefficient (Wildman–Crippen LogP) is 2.90. The largest absolute Gasteiger partial charge is 0.368 e. The zero-order valence-corrected chi connectivity index (χ0v) is 15.1. The molecule has 0 spiro atoms. The van der Waals surface area contributed by atoms with Gasteiger partial charge in [-0.25, -0.2) is 14.4 Å². The summed E-state index contributed by atoms with van der Waals surface area (Å²) >= 11 is 6.21. The fourth-order valence-electron chi connectivity index (χ4n) is 2.65. The SMILES string of the molecule is Cc1cc(Nc2ncc(F)c3nn(-c4c(Cl)cccc4C#N)nc23)nc(N)n1. The molecule has 4 aromatic rings. The number of anilines is 3. The molecule has 3 heterocycles. The first-order valence-corrected chi connectivity index (χ1v) is 8.33. The highest BCUT2D eigenvalue weighted by Crippen LogP contribution is 2.27. The number of pyridine rings is 1. The van der Waals surface area contributed by atoms with E-state index in [0.29, 0.717) is 11.5 Å². The van der Waals surface area contributed by atoms with Crippen LogP contribution in [-0.4, -0.2) is 29.9 Å². The molecule has 0 aliphatic heterocycles. The molecular weight excluding hydrogens is 385 g/mol. The third kappa shape index (κ3) is 3.04. The Bertz CT molecular complexity index is 1240. The van der Waals surface area contributed by atoms with Crippen molar-refractivity contribution >= 4 is 40.2 Å². The monoisotopic (exact) mass is 395 g/mol. The Morgan fingerprint density at radius 1 is 1.25 bits per heavy atom. The first kappa shape index (κ1) is 17.6. The summed E-state index contributed by atoms with van der Waals surface area (Å²) in [5, 5.41) is 21.0. The lowest BCUT2D eigenvalue weighted by molar-refractivity contribution is 0.628. The van der Waals surface area contributed by atoms with Crippen molar-refractivity contribution in [2.75, 3.05) is 11.1 Å². The van der Waals surface area contributed by atoms with Crippen LogP contribution in [0.5, 0.6) is 0 Å². The second-order valence-electron chi connectivity index (χ2n) is 5.77. The van der Waals surface area contributed by atoms with Crippen molar-refractivity contribution in [3.63, 3.8) is 0 Å². The number of nitrogens with one attached hydrogen (secondary N) is 1. The zero-order chi connectivity index (χ0) is 19.8. The van der Waals surface area contributed by atoms with Crippen LogP contribution in [0.15, 0.2) is 30.5 Å². The van der Waals surface area contributed by atoms with Crippen LogP contribution in [0, 0.1) is 24.1 Å². The highest BCUT2D eigenvalue weighted by molar-refractivity contribution is 6.32. The van der Waals surface area contributed by atoms with E-state index in [2.05, 4.69) is 30.5 Å². The van der Waals surface area contributed by atoms with Gasteiger partial charge in [0, 0.05) is 11.8 Å². The molecule has 0 aliphatic rings. The lowest BCUT2D eigenvalue weighted by Gasteiger charge is -2.06. The van der Waals surface area contributed by atoms with Gasteiger partial charge in [-0.3, -0.25) is 0 Å². The number of nitrogens with zero attached hydrogens (tertiary/aromatic N) is 7. The number of aromatic nitrogens is 6. The molecule has 0 aliphatic carbocycles. The van der Waals surface area contributed by atoms with Crippen LogP contribution in [0.2, 0.25) is 5.02 Å². The molecule has 3 N–H and O–H groups in total. The standard InChI is InChI=1S/C17H11ClFN9/c1-8-5-12(25-17(21)23-8)24-16-14-13(11(19)7-22-16)26-28(27-14)15-9(6-20)3-2-4-10(15)18/h2-5,7H,1H3,(H3,21,22,23,24,25). The lowest BCUT2D eigenvalue weighted by Crippen LogP contribution is -2.04. The number of halogens is 2. The van der Waals surface area contributed by atoms with Crippen LogP contribution < -0.4 is 11.1 Å². The van der Waals surface area contributed by atoms with Crippen molar-refractivity contribution in [3.05, 3.63) is 52.6 Å². The van der Waals surface area contributed by atoms with Gasteiger partial charge < -0.3 is 11.1 Å². The van der Waals surface area contributed by atoms with Crippen LogP contribution in [0.1, 0.15) is 11.3 Å². The van der Waals surface area contributed by atoms with E-state index >= 15 is 0 Å². The van der Waals surface area contributed by atoms with Gasteiger partial charge in [-0.1, -0.05) is 17.7 Å². The summed E-state index contributed by atoms with van der Waals surface area (Å²) in [6.45, 7) is 1.76. The molecule has 0 unspecified atom stereocenters. The molecule has 0 atom stereocenters. The van der Waals surface area contributed by atoms with Crippen molar-refractivity contribution < 1.29 is 4.39 Å². The molecular formula is C17H11ClFN9. The second-order valence-corrected chi connectivity index (χ2v) is 6.17. The van der Waals surface area contributed by atoms with Crippen molar-refractivity contribution in [2.24, 2.45) is 0 Å². The zero-order valence-electron chi connectivity index (χ0n) is 14.4. The summed E-state index contributed by atoms with van der Waals surface area (Å²) < 4.78 is 14.3. The maximum absolute atomic E-state index is 14.3. The number of nitrogens with two attached hydrogens (primary N) is 1. The molecule has 0 saturated heterocycles. The molecule has 11 heteroatoms. The third-order valence-electron chi connectivity index (χ3n) is 3.80. The number of benzene rings is 1. The van der Waals surface area contributed by atoms with E-state index in [-0.39, 0.29) is 39.1 Å². The maximum Gasteiger partial charge on any atom is 0.222 e. The Morgan fingerprint density at radius 3 is 2.79 bits per heavy atom. The molecule has 3 aromatic heterocycles. The van der Waals surface area contributed by atoms with E-state index in [1.54, 1.807) is 31.2 Å². The van der Waals surface area contributed by atoms with E-state index in [4.69, 9.17) is 17.3 Å². The van der Waals surface area contributed by atoms with E-state index in [0.717, 1.165) is 11.0 Å². The van der Waals surface area contributed by atoms with Gasteiger partial charge in [0.15, 0.2) is 22.7 Å². The van der Waals surface area contributed by atoms with Gasteiger partial charge in [0.2, 0.25) is 5.95 Å². The Labute approximate surface area is 162 Å². The number of hydrogen-bond acceptors (Lipinski definition) is 8. The topological polar surface area (TPSA) is 131 Å². The Hall–Kier alpha value is -3.84. The van der Waals surface area contributed by atoms with Crippen LogP contribution in [0.3, 0.4) is 0 Å². The number of hydrogen-bond donors (Lipinski definition) is 2. The average Bonchev–Trinajstić information content (AvgIpc) is 3.09. The van der Waals surface area contributed by atoms with Crippen LogP contribution in [-0.2, 0) is 0 Å². The molecule has 1 aromatic carbocycles. The minimum atomic E-state index is -0.671. The van der Waals surface area contributed by atoms with Crippen molar-refractivity contribution in [2.45, 2.75) is 6.92 Å². The van der Waals surface area contributed by atoms with Crippen LogP contribution >= 0.6 is 11.6 Å². The fraction of sp³-hybridized carbons (Fsp3) is 0.0588. The highest BCUT2D eigenvalue weighted by atomic mass is 35.5. The lowest BCUT2D eigenvalue weighted by atomic mass is 10.2. The Morgan fingerprint density at radius 2 is 2.04 bits per heavy atom. The number of fused-ring (bicyclic) bond motifs is 1. The fourth-order valence-corrected chi connectivity index (χ4v) is 2.90. The smallest absolute Gasteiger partial charge is 0.222 e. The van der Waals surface area contributed by atoms with Gasteiger partial charge in [-0.05, 0) is 19.1 Å². The molecule has 0 amide bonds.